The molecule has 1 aliphatic heterocycles. The number of hydrogen-bond donors (Lipinski definition) is 2. The fourth-order valence-corrected chi connectivity index (χ4v) is 2.37. The van der Waals surface area contributed by atoms with Crippen molar-refractivity contribution >= 4 is 23.6 Å². The molecule has 2 N–H and O–H groups in total. The number of thioether (sulfide) groups is 1. The number of carboxylic acids is 1. The van der Waals surface area contributed by atoms with Gasteiger partial charge in [0, 0.05) is 4.90 Å². The van der Waals surface area contributed by atoms with Gasteiger partial charge in [0.15, 0.2) is 6.04 Å². The lowest BCUT2D eigenvalue weighted by Gasteiger charge is -2.12. The molecule has 1 aromatic carbocycles. The minimum Gasteiger partial charge on any atom is -0.479 e. The van der Waals surface area contributed by atoms with Crippen LogP contribution < -0.4 is 5.32 Å². The van der Waals surface area contributed by atoms with Crippen molar-refractivity contribution in [2.45, 2.75) is 10.9 Å². The van der Waals surface area contributed by atoms with Crippen molar-refractivity contribution in [3.8, 4) is 0 Å². The van der Waals surface area contributed by atoms with Crippen molar-refractivity contribution in [1.82, 2.24) is 5.32 Å². The monoisotopic (exact) mass is 223 g/mol. The quantitative estimate of drug-likeness (QED) is 0.746. The predicted octanol–water partition coefficient (Wildman–Crippen LogP) is 1.03. The van der Waals surface area contributed by atoms with Gasteiger partial charge in [-0.05, 0) is 11.6 Å². The molecule has 0 spiro atoms. The summed E-state index contributed by atoms with van der Waals surface area (Å²) in [6, 6.07) is 6.24. The molecule has 0 radical (unpaired) electrons. The van der Waals surface area contributed by atoms with Crippen LogP contribution in [0.2, 0.25) is 0 Å². The van der Waals surface area contributed by atoms with Gasteiger partial charge in [0.2, 0.25) is 5.91 Å². The molecule has 1 aliphatic rings. The Hall–Kier alpha value is -1.49. The van der Waals surface area contributed by atoms with Gasteiger partial charge in [0.1, 0.15) is 0 Å². The number of fused-ring (bicyclic) bond motifs is 1. The first-order valence-electron chi connectivity index (χ1n) is 4.42. The van der Waals surface area contributed by atoms with E-state index in [1.54, 1.807) is 12.1 Å². The van der Waals surface area contributed by atoms with E-state index in [2.05, 4.69) is 5.32 Å². The molecule has 78 valence electrons. The third-order valence-electron chi connectivity index (χ3n) is 2.14. The molecule has 1 heterocycles. The van der Waals surface area contributed by atoms with Crippen LogP contribution in [0, 0.1) is 0 Å². The molecule has 0 fully saturated rings. The predicted molar refractivity (Wildman–Crippen MR) is 55.7 cm³/mol. The molecule has 1 amide bonds. The largest absolute Gasteiger partial charge is 0.479 e. The minimum atomic E-state index is -1.03. The van der Waals surface area contributed by atoms with Crippen LogP contribution in [0.15, 0.2) is 29.2 Å². The van der Waals surface area contributed by atoms with Crippen LogP contribution in [0.25, 0.3) is 0 Å². The van der Waals surface area contributed by atoms with Gasteiger partial charge >= 0.3 is 5.97 Å². The molecule has 0 aromatic heterocycles. The van der Waals surface area contributed by atoms with Crippen molar-refractivity contribution < 1.29 is 14.7 Å². The number of benzene rings is 1. The van der Waals surface area contributed by atoms with Crippen LogP contribution in [0.3, 0.4) is 0 Å². The zero-order valence-corrected chi connectivity index (χ0v) is 8.58. The highest BCUT2D eigenvalue weighted by Gasteiger charge is 2.27. The summed E-state index contributed by atoms with van der Waals surface area (Å²) in [5, 5.41) is 11.5. The molecule has 4 nitrogen and oxygen atoms in total. The van der Waals surface area contributed by atoms with E-state index in [0.29, 0.717) is 5.56 Å². The van der Waals surface area contributed by atoms with Gasteiger partial charge in [-0.1, -0.05) is 18.2 Å². The van der Waals surface area contributed by atoms with E-state index in [1.807, 2.05) is 12.1 Å². The highest BCUT2D eigenvalue weighted by Crippen LogP contribution is 2.30. The van der Waals surface area contributed by atoms with E-state index in [-0.39, 0.29) is 11.7 Å². The van der Waals surface area contributed by atoms with Crippen LogP contribution in [-0.2, 0) is 9.59 Å². The Morgan fingerprint density at radius 3 is 2.93 bits per heavy atom. The maximum atomic E-state index is 11.3. The van der Waals surface area contributed by atoms with E-state index < -0.39 is 12.0 Å². The number of carbonyl (C=O) groups is 2. The Bertz CT molecular complexity index is 419. The van der Waals surface area contributed by atoms with Crippen LogP contribution in [0.1, 0.15) is 11.6 Å². The van der Waals surface area contributed by atoms with E-state index in [9.17, 15) is 9.59 Å². The Labute approximate surface area is 90.7 Å². The molecule has 2 rings (SSSR count). The zero-order valence-electron chi connectivity index (χ0n) is 7.77. The molecule has 1 unspecified atom stereocenters. The van der Waals surface area contributed by atoms with Crippen molar-refractivity contribution in [2.24, 2.45) is 0 Å². The summed E-state index contributed by atoms with van der Waals surface area (Å²) in [5.41, 5.74) is 0.654. The molecule has 15 heavy (non-hydrogen) atoms. The lowest BCUT2D eigenvalue weighted by molar-refractivity contribution is -0.141. The average molecular weight is 223 g/mol. The summed E-state index contributed by atoms with van der Waals surface area (Å²) in [6.45, 7) is 0. The fraction of sp³-hybridized carbons (Fsp3) is 0.200. The summed E-state index contributed by atoms with van der Waals surface area (Å²) in [6.07, 6.45) is 0. The van der Waals surface area contributed by atoms with Crippen LogP contribution in [0.4, 0.5) is 0 Å². The maximum Gasteiger partial charge on any atom is 0.330 e. The third-order valence-corrected chi connectivity index (χ3v) is 3.23. The summed E-state index contributed by atoms with van der Waals surface area (Å²) in [4.78, 5) is 23.1. The summed E-state index contributed by atoms with van der Waals surface area (Å²) >= 11 is 1.36. The topological polar surface area (TPSA) is 66.4 Å². The molecule has 0 bridgehead atoms. The van der Waals surface area contributed by atoms with Crippen LogP contribution in [-0.4, -0.2) is 22.7 Å². The molecular weight excluding hydrogens is 214 g/mol. The zero-order chi connectivity index (χ0) is 10.8. The second kappa shape index (κ2) is 3.94. The van der Waals surface area contributed by atoms with Gasteiger partial charge in [0.05, 0.1) is 5.75 Å². The van der Waals surface area contributed by atoms with E-state index in [0.717, 1.165) is 4.90 Å². The van der Waals surface area contributed by atoms with Crippen molar-refractivity contribution in [2.75, 3.05) is 5.75 Å². The van der Waals surface area contributed by atoms with Crippen molar-refractivity contribution in [1.29, 1.82) is 0 Å². The SMILES string of the molecule is O=C1CSc2ccccc2C(C(=O)O)N1. The lowest BCUT2D eigenvalue weighted by Crippen LogP contribution is -2.33. The van der Waals surface area contributed by atoms with Gasteiger partial charge in [-0.15, -0.1) is 11.8 Å². The van der Waals surface area contributed by atoms with Gasteiger partial charge in [-0.3, -0.25) is 4.79 Å². The molecule has 0 aliphatic carbocycles. The number of rotatable bonds is 1. The van der Waals surface area contributed by atoms with E-state index in [4.69, 9.17) is 5.11 Å². The van der Waals surface area contributed by atoms with Crippen LogP contribution in [0.5, 0.6) is 0 Å². The minimum absolute atomic E-state index is 0.247. The van der Waals surface area contributed by atoms with Crippen LogP contribution >= 0.6 is 11.8 Å². The second-order valence-corrected chi connectivity index (χ2v) is 4.18. The molecular formula is C10H9NO3S. The number of carbonyl (C=O) groups excluding carboxylic acids is 1. The Balaban J connectivity index is 2.46. The van der Waals surface area contributed by atoms with Gasteiger partial charge < -0.3 is 10.4 Å². The van der Waals surface area contributed by atoms with E-state index >= 15 is 0 Å². The highest BCUT2D eigenvalue weighted by molar-refractivity contribution is 8.00. The summed E-state index contributed by atoms with van der Waals surface area (Å²) in [5.74, 6) is -1.01. The molecule has 0 saturated carbocycles. The number of nitrogens with one attached hydrogen (secondary N) is 1. The van der Waals surface area contributed by atoms with E-state index in [1.165, 1.54) is 11.8 Å². The smallest absolute Gasteiger partial charge is 0.330 e. The summed E-state index contributed by atoms with van der Waals surface area (Å²) in [7, 11) is 0. The van der Waals surface area contributed by atoms with Gasteiger partial charge in [-0.2, -0.15) is 0 Å². The van der Waals surface area contributed by atoms with Gasteiger partial charge in [-0.25, -0.2) is 4.79 Å². The first-order chi connectivity index (χ1) is 7.18. The number of carboxylic acid groups (broad SMARTS) is 1. The summed E-state index contributed by atoms with van der Waals surface area (Å²) < 4.78 is 0. The first-order valence-corrected chi connectivity index (χ1v) is 5.41. The Morgan fingerprint density at radius 2 is 2.20 bits per heavy atom. The van der Waals surface area contributed by atoms with Crippen molar-refractivity contribution in [3.63, 3.8) is 0 Å². The first kappa shape index (κ1) is 10.0. The maximum absolute atomic E-state index is 11.3. The normalized spacial score (nSPS) is 20.0. The fourth-order valence-electron chi connectivity index (χ4n) is 1.47. The second-order valence-electron chi connectivity index (χ2n) is 3.17. The van der Waals surface area contributed by atoms with Gasteiger partial charge in [0.25, 0.3) is 0 Å². The lowest BCUT2D eigenvalue weighted by atomic mass is 10.1. The Kier molecular flexibility index (Phi) is 2.64. The number of hydrogen-bond acceptors (Lipinski definition) is 3. The average Bonchev–Trinajstić information content (AvgIpc) is 2.39. The Morgan fingerprint density at radius 1 is 1.47 bits per heavy atom. The highest BCUT2D eigenvalue weighted by atomic mass is 32.2. The number of aliphatic carboxylic acids is 1. The van der Waals surface area contributed by atoms with Crippen molar-refractivity contribution in [3.05, 3.63) is 29.8 Å². The molecule has 0 saturated heterocycles. The standard InChI is InChI=1S/C10H9NO3S/c12-8-5-15-7-4-2-1-3-6(7)9(11-8)10(13)14/h1-4,9H,5H2,(H,11,12)(H,13,14). The molecule has 1 atom stereocenters. The number of amides is 1. The molecule has 5 heteroatoms. The molecule has 1 aromatic rings. The third kappa shape index (κ3) is 1.97.